The SMILES string of the molecule is CCC(C)(C)OC(=O)N1[C@@H]2CC[C@@H](C2)[C@H]1C(=O)N[C@@H](Cc1ccc(Br)s1)C(N)=O. The van der Waals surface area contributed by atoms with Crippen LogP contribution in [0, 0.1) is 5.92 Å². The molecule has 2 aliphatic rings. The van der Waals surface area contributed by atoms with Crippen LogP contribution in [0.4, 0.5) is 4.79 Å². The molecule has 0 radical (unpaired) electrons. The lowest BCUT2D eigenvalue weighted by molar-refractivity contribution is -0.132. The van der Waals surface area contributed by atoms with Crippen LogP contribution in [-0.4, -0.2) is 46.5 Å². The molecule has 29 heavy (non-hydrogen) atoms. The monoisotopic (exact) mass is 485 g/mol. The summed E-state index contributed by atoms with van der Waals surface area (Å²) in [6, 6.07) is 2.35. The molecule has 1 aromatic rings. The van der Waals surface area contributed by atoms with Crippen molar-refractivity contribution >= 4 is 45.2 Å². The quantitative estimate of drug-likeness (QED) is 0.618. The summed E-state index contributed by atoms with van der Waals surface area (Å²) in [6.45, 7) is 5.67. The Hall–Kier alpha value is -1.61. The second kappa shape index (κ2) is 8.63. The number of ether oxygens (including phenoxy) is 1. The van der Waals surface area contributed by atoms with E-state index in [1.165, 1.54) is 11.3 Å². The summed E-state index contributed by atoms with van der Waals surface area (Å²) in [7, 11) is 0. The van der Waals surface area contributed by atoms with Crippen molar-refractivity contribution in [1.82, 2.24) is 10.2 Å². The average Bonchev–Trinajstić information content (AvgIpc) is 3.36. The van der Waals surface area contributed by atoms with Crippen molar-refractivity contribution in [3.05, 3.63) is 20.8 Å². The van der Waals surface area contributed by atoms with Gasteiger partial charge in [0.1, 0.15) is 17.7 Å². The topological polar surface area (TPSA) is 102 Å². The van der Waals surface area contributed by atoms with Crippen LogP contribution in [0.3, 0.4) is 0 Å². The van der Waals surface area contributed by atoms with E-state index in [2.05, 4.69) is 21.2 Å². The van der Waals surface area contributed by atoms with Crippen LogP contribution in [-0.2, 0) is 20.7 Å². The molecule has 1 saturated heterocycles. The Morgan fingerprint density at radius 3 is 2.69 bits per heavy atom. The maximum absolute atomic E-state index is 13.1. The molecule has 1 saturated carbocycles. The molecule has 3 amide bonds. The van der Waals surface area contributed by atoms with E-state index in [1.54, 1.807) is 4.90 Å². The second-order valence-corrected chi connectivity index (χ2v) is 11.0. The Kier molecular flexibility index (Phi) is 6.57. The minimum Gasteiger partial charge on any atom is -0.443 e. The first kappa shape index (κ1) is 22.1. The lowest BCUT2D eigenvalue weighted by Gasteiger charge is -2.36. The summed E-state index contributed by atoms with van der Waals surface area (Å²) in [5.41, 5.74) is 4.95. The third-order valence-electron chi connectivity index (χ3n) is 5.97. The number of nitrogens with zero attached hydrogens (tertiary/aromatic N) is 1. The molecule has 4 atom stereocenters. The van der Waals surface area contributed by atoms with Gasteiger partial charge in [-0.25, -0.2) is 4.79 Å². The molecule has 1 aliphatic heterocycles. The van der Waals surface area contributed by atoms with E-state index in [-0.39, 0.29) is 17.9 Å². The van der Waals surface area contributed by atoms with E-state index in [0.29, 0.717) is 12.8 Å². The number of carbonyl (C=O) groups excluding carboxylic acids is 3. The molecule has 2 bridgehead atoms. The fraction of sp³-hybridized carbons (Fsp3) is 0.650. The molecule has 0 spiro atoms. The van der Waals surface area contributed by atoms with Crippen molar-refractivity contribution in [3.63, 3.8) is 0 Å². The van der Waals surface area contributed by atoms with Gasteiger partial charge in [0.15, 0.2) is 0 Å². The van der Waals surface area contributed by atoms with Gasteiger partial charge in [0.05, 0.1) is 3.79 Å². The minimum atomic E-state index is -0.822. The summed E-state index contributed by atoms with van der Waals surface area (Å²) in [6.07, 6.45) is 3.10. The summed E-state index contributed by atoms with van der Waals surface area (Å²) < 4.78 is 6.61. The number of carbonyl (C=O) groups is 3. The number of hydrogen-bond acceptors (Lipinski definition) is 5. The lowest BCUT2D eigenvalue weighted by atomic mass is 9.97. The van der Waals surface area contributed by atoms with E-state index in [0.717, 1.165) is 27.9 Å². The summed E-state index contributed by atoms with van der Waals surface area (Å²) in [5.74, 6) is -0.836. The van der Waals surface area contributed by atoms with Gasteiger partial charge in [0.2, 0.25) is 11.8 Å². The van der Waals surface area contributed by atoms with Gasteiger partial charge in [0.25, 0.3) is 0 Å². The smallest absolute Gasteiger partial charge is 0.411 e. The largest absolute Gasteiger partial charge is 0.443 e. The van der Waals surface area contributed by atoms with E-state index in [9.17, 15) is 14.4 Å². The number of nitrogens with one attached hydrogen (secondary N) is 1. The highest BCUT2D eigenvalue weighted by Crippen LogP contribution is 2.43. The first-order valence-corrected chi connectivity index (χ1v) is 11.6. The van der Waals surface area contributed by atoms with E-state index in [4.69, 9.17) is 10.5 Å². The van der Waals surface area contributed by atoms with E-state index < -0.39 is 29.7 Å². The number of thiophene rings is 1. The summed E-state index contributed by atoms with van der Waals surface area (Å²) >= 11 is 4.89. The third-order valence-corrected chi connectivity index (χ3v) is 7.62. The van der Waals surface area contributed by atoms with Crippen molar-refractivity contribution in [2.75, 3.05) is 0 Å². The first-order valence-electron chi connectivity index (χ1n) is 9.96. The molecule has 3 N–H and O–H groups in total. The van der Waals surface area contributed by atoms with Gasteiger partial charge in [-0.1, -0.05) is 6.92 Å². The zero-order valence-electron chi connectivity index (χ0n) is 16.9. The van der Waals surface area contributed by atoms with Crippen molar-refractivity contribution in [2.24, 2.45) is 11.7 Å². The highest BCUT2D eigenvalue weighted by Gasteiger charge is 2.52. The minimum absolute atomic E-state index is 0.0104. The maximum Gasteiger partial charge on any atom is 0.411 e. The van der Waals surface area contributed by atoms with Crippen LogP contribution in [0.5, 0.6) is 0 Å². The normalized spacial score (nSPS) is 24.4. The molecule has 1 aromatic heterocycles. The number of rotatable bonds is 7. The Balaban J connectivity index is 1.73. The van der Waals surface area contributed by atoms with Crippen LogP contribution in [0.15, 0.2) is 15.9 Å². The molecule has 1 aliphatic carbocycles. The maximum atomic E-state index is 13.1. The van der Waals surface area contributed by atoms with Crippen molar-refractivity contribution in [3.8, 4) is 0 Å². The summed E-state index contributed by atoms with van der Waals surface area (Å²) in [5, 5.41) is 2.79. The number of nitrogens with two attached hydrogens (primary N) is 1. The lowest BCUT2D eigenvalue weighted by Crippen LogP contribution is -2.57. The third kappa shape index (κ3) is 4.94. The Morgan fingerprint density at radius 2 is 2.10 bits per heavy atom. The van der Waals surface area contributed by atoms with Crippen molar-refractivity contribution in [2.45, 2.75) is 76.6 Å². The molecule has 0 aromatic carbocycles. The fourth-order valence-electron chi connectivity index (χ4n) is 4.09. The molecule has 7 nitrogen and oxygen atoms in total. The van der Waals surface area contributed by atoms with Crippen LogP contribution >= 0.6 is 27.3 Å². The highest BCUT2D eigenvalue weighted by molar-refractivity contribution is 9.11. The van der Waals surface area contributed by atoms with Crippen LogP contribution in [0.2, 0.25) is 0 Å². The van der Waals surface area contributed by atoms with E-state index >= 15 is 0 Å². The Morgan fingerprint density at radius 1 is 1.38 bits per heavy atom. The van der Waals surface area contributed by atoms with Crippen LogP contribution < -0.4 is 11.1 Å². The fourth-order valence-corrected chi connectivity index (χ4v) is 5.62. The van der Waals surface area contributed by atoms with Gasteiger partial charge < -0.3 is 15.8 Å². The molecule has 0 unspecified atom stereocenters. The number of hydrogen-bond donors (Lipinski definition) is 2. The molecule has 2 heterocycles. The number of fused-ring (bicyclic) bond motifs is 2. The summed E-state index contributed by atoms with van der Waals surface area (Å²) in [4.78, 5) is 40.5. The zero-order valence-corrected chi connectivity index (χ0v) is 19.3. The number of halogens is 1. The van der Waals surface area contributed by atoms with Gasteiger partial charge in [0, 0.05) is 17.3 Å². The van der Waals surface area contributed by atoms with Crippen LogP contribution in [0.25, 0.3) is 0 Å². The predicted molar refractivity (Wildman–Crippen MR) is 114 cm³/mol. The van der Waals surface area contributed by atoms with Crippen molar-refractivity contribution in [1.29, 1.82) is 0 Å². The Labute approximate surface area is 183 Å². The van der Waals surface area contributed by atoms with Crippen molar-refractivity contribution < 1.29 is 19.1 Å². The molecular weight excluding hydrogens is 458 g/mol. The number of amides is 3. The first-order chi connectivity index (χ1) is 13.6. The second-order valence-electron chi connectivity index (χ2n) is 8.43. The highest BCUT2D eigenvalue weighted by atomic mass is 79.9. The number of likely N-dealkylation sites (tertiary alicyclic amines) is 1. The van der Waals surface area contributed by atoms with Gasteiger partial charge >= 0.3 is 6.09 Å². The molecular formula is C20H28BrN3O4S. The number of primary amides is 1. The average molecular weight is 486 g/mol. The van der Waals surface area contributed by atoms with Crippen LogP contribution in [0.1, 0.15) is 51.3 Å². The standard InChI is InChI=1S/C20H28BrN3O4S/c1-4-20(2,3)28-19(27)24-12-6-5-11(9-12)16(24)18(26)23-14(17(22)25)10-13-7-8-15(21)29-13/h7-8,11-12,14,16H,4-6,9-10H2,1-3H3,(H2,22,25)(H,23,26)/t11-,12+,14-,16-/m0/s1. The molecule has 2 fully saturated rings. The Bertz CT molecular complexity index is 796. The van der Waals surface area contributed by atoms with Gasteiger partial charge in [-0.15, -0.1) is 11.3 Å². The van der Waals surface area contributed by atoms with Gasteiger partial charge in [-0.3, -0.25) is 14.5 Å². The number of piperidine rings is 1. The molecule has 160 valence electrons. The molecule has 9 heteroatoms. The zero-order chi connectivity index (χ0) is 21.3. The van der Waals surface area contributed by atoms with Gasteiger partial charge in [-0.05, 0) is 73.5 Å². The van der Waals surface area contributed by atoms with E-state index in [1.807, 2.05) is 32.9 Å². The predicted octanol–water partition coefficient (Wildman–Crippen LogP) is 3.20. The molecule has 3 rings (SSSR count). The van der Waals surface area contributed by atoms with Gasteiger partial charge in [-0.2, -0.15) is 0 Å².